The van der Waals surface area contributed by atoms with Crippen molar-refractivity contribution in [3.8, 4) is 89.5 Å². The van der Waals surface area contributed by atoms with E-state index < -0.39 is 24.4 Å². The zero-order valence-electron chi connectivity index (χ0n) is 76.6. The Bertz CT molecular complexity index is 7500. The van der Waals surface area contributed by atoms with Crippen molar-refractivity contribution in [2.45, 2.75) is 107 Å². The van der Waals surface area contributed by atoms with Crippen molar-refractivity contribution in [2.75, 3.05) is 81.8 Å². The monoisotopic (exact) mass is 2180 g/mol. The number of pyridine rings is 4. The van der Waals surface area contributed by atoms with E-state index in [1.54, 1.807) is 99.5 Å². The molecule has 0 saturated carbocycles. The standard InChI is InChI=1S/C27H23BrN8O.C26H24BrN7O3.C25H24BrFN6O2.C23H23BrN6O2S/c28-23-24(18-9-12-35(13-10-18)27(37)22-8-11-30-16-32-22)34-26-20(15-33-36(26)25(23)29)19-6-7-21(31-14-19)17-4-2-1-3-5-17;27-21-22(16-8-10-33(11-9-16)25(35)20-14-30-26(36)37-20)32-24-18(13-31-34(24)23(21)28)17-6-7-19(29-12-17)15-4-2-1-3-5-15;1-14(34)25(35)32-10-8-16(9-11-32)22-21(26)23(28)33-24(31-22)19(13-30-33)17-4-7-20(29-12-17)15-2-5-18(27)6-3-15;1-13(31)23(32)29-7-4-14(5-8-29)20-19(24)21(25)30-22(28-20)17(11-27-30)15-2-3-18(26-10-15)16-6-9-33-12-16/h1-8,11,14-16,18H,9-10,12-13,29H2;1-7,12-13,16,20H,8-11,14,28H2,(H,30,36);2-7,12-14,16,34H,8-11,28H2,1H3;2-3,6,9-14,31H,4-5,7-8,25H2,1H3/t;20-;14-;13-/m.111/s1. The van der Waals surface area contributed by atoms with E-state index in [1.807, 2.05) is 144 Å². The first-order chi connectivity index (χ1) is 68.9. The number of alkyl carbamates (subject to hydrolysis) is 1. The van der Waals surface area contributed by atoms with Gasteiger partial charge in [-0.25, -0.2) is 39.1 Å². The molecular formula is C101H94Br4FN27O8S. The van der Waals surface area contributed by atoms with E-state index >= 15 is 0 Å². The molecule has 722 valence electrons. The number of ether oxygens (including phenoxy) is 1. The third-order valence-corrected chi connectivity index (χ3v) is 30.1. The van der Waals surface area contributed by atoms with Gasteiger partial charge in [0.1, 0.15) is 53.3 Å². The van der Waals surface area contributed by atoms with Crippen LogP contribution in [0.1, 0.15) is 122 Å². The van der Waals surface area contributed by atoms with E-state index in [-0.39, 0.29) is 59.7 Å². The molecule has 3 atom stereocenters. The Morgan fingerprint density at radius 2 is 0.746 bits per heavy atom. The number of fused-ring (bicyclic) bond motifs is 4. The summed E-state index contributed by atoms with van der Waals surface area (Å²) < 4.78 is 27.7. The number of hydrogen-bond donors (Lipinski definition) is 7. The number of piperidine rings is 4. The molecule has 142 heavy (non-hydrogen) atoms. The number of carbonyl (C=O) groups is 5. The zero-order chi connectivity index (χ0) is 98.7. The van der Waals surface area contributed by atoms with Crippen LogP contribution in [0, 0.1) is 5.82 Å². The summed E-state index contributed by atoms with van der Waals surface area (Å²) in [6.07, 6.45) is 19.9. The number of aromatic nitrogens is 18. The molecule has 0 bridgehead atoms. The number of aliphatic hydroxyl groups is 2. The number of thiophene rings is 1. The number of nitrogens with one attached hydrogen (secondary N) is 1. The van der Waals surface area contributed by atoms with E-state index in [2.05, 4.69) is 125 Å². The van der Waals surface area contributed by atoms with Crippen molar-refractivity contribution in [1.82, 2.24) is 113 Å². The lowest BCUT2D eigenvalue weighted by Crippen LogP contribution is -2.44. The lowest BCUT2D eigenvalue weighted by molar-refractivity contribution is -0.140. The quantitative estimate of drug-likeness (QED) is 0.0472. The summed E-state index contributed by atoms with van der Waals surface area (Å²) in [5.74, 6) is 1.42. The summed E-state index contributed by atoms with van der Waals surface area (Å²) in [4.78, 5) is 114. The Kier molecular flexibility index (Phi) is 28.7. The average Bonchev–Trinajstić information content (AvgIpc) is 1.61. The maximum atomic E-state index is 13.2. The minimum absolute atomic E-state index is 0.0765. The van der Waals surface area contributed by atoms with Crippen LogP contribution in [0.15, 0.2) is 236 Å². The molecule has 5 fully saturated rings. The van der Waals surface area contributed by atoms with Gasteiger partial charge in [-0.15, -0.1) is 0 Å². The minimum Gasteiger partial charge on any atom is -0.434 e. The third kappa shape index (κ3) is 20.1. The molecule has 3 aromatic carbocycles. The fourth-order valence-corrected chi connectivity index (χ4v) is 21.4. The second-order valence-corrected chi connectivity index (χ2v) is 39.0. The number of benzene rings is 3. The summed E-state index contributed by atoms with van der Waals surface area (Å²) in [5, 5.41) is 43.7. The van der Waals surface area contributed by atoms with Gasteiger partial charge in [-0.05, 0) is 195 Å². The molecular weight excluding hydrogens is 2090 g/mol. The maximum absolute atomic E-state index is 13.2. The first kappa shape index (κ1) is 96.5. The molecule has 17 aromatic rings. The number of amides is 5. The summed E-state index contributed by atoms with van der Waals surface area (Å²) in [7, 11) is 0. The molecule has 5 amide bonds. The average molecular weight is 2180 g/mol. The Hall–Kier alpha value is -14.4. The van der Waals surface area contributed by atoms with E-state index in [0.29, 0.717) is 113 Å². The van der Waals surface area contributed by atoms with Crippen molar-refractivity contribution in [2.24, 2.45) is 0 Å². The second-order valence-electron chi connectivity index (χ2n) is 35.0. The van der Waals surface area contributed by atoms with Crippen molar-refractivity contribution >= 4 is 151 Å². The van der Waals surface area contributed by atoms with Crippen LogP contribution in [0.3, 0.4) is 0 Å². The van der Waals surface area contributed by atoms with E-state index in [9.17, 15) is 38.6 Å². The predicted octanol–water partition coefficient (Wildman–Crippen LogP) is 16.2. The lowest BCUT2D eigenvalue weighted by atomic mass is 9.92. The number of likely N-dealkylation sites (tertiary alicyclic amines) is 4. The fourth-order valence-electron chi connectivity index (χ4n) is 18.4. The largest absolute Gasteiger partial charge is 0.434 e. The molecule has 5 aliphatic heterocycles. The Morgan fingerprint density at radius 3 is 1.05 bits per heavy atom. The Morgan fingerprint density at radius 1 is 0.415 bits per heavy atom. The Labute approximate surface area is 850 Å². The van der Waals surface area contributed by atoms with Gasteiger partial charge in [-0.1, -0.05) is 84.9 Å². The number of aliphatic hydroxyl groups excluding tert-OH is 2. The zero-order valence-corrected chi connectivity index (χ0v) is 83.8. The van der Waals surface area contributed by atoms with Gasteiger partial charge >= 0.3 is 6.09 Å². The van der Waals surface area contributed by atoms with Gasteiger partial charge in [0.2, 0.25) is 0 Å². The molecule has 0 spiro atoms. The third-order valence-electron chi connectivity index (χ3n) is 26.2. The van der Waals surface area contributed by atoms with Gasteiger partial charge in [0.05, 0.1) is 94.8 Å². The molecule has 11 N–H and O–H groups in total. The highest BCUT2D eigenvalue weighted by molar-refractivity contribution is 9.11. The molecule has 19 heterocycles. The molecule has 41 heteroatoms. The number of rotatable bonds is 16. The summed E-state index contributed by atoms with van der Waals surface area (Å²) in [6.45, 7) is 7.79. The summed E-state index contributed by atoms with van der Waals surface area (Å²) in [5.41, 5.74) is 46.7. The van der Waals surface area contributed by atoms with Crippen molar-refractivity contribution in [3.63, 3.8) is 0 Å². The first-order valence-electron chi connectivity index (χ1n) is 46.1. The number of carbonyl (C=O) groups excluding carboxylic acids is 5. The van der Waals surface area contributed by atoms with Crippen molar-refractivity contribution in [3.05, 3.63) is 271 Å². The minimum atomic E-state index is -0.999. The van der Waals surface area contributed by atoms with Gasteiger partial charge in [0.25, 0.3) is 23.6 Å². The van der Waals surface area contributed by atoms with E-state index in [4.69, 9.17) is 47.6 Å². The number of hydrogen-bond acceptors (Lipinski definition) is 27. The number of nitrogens with two attached hydrogens (primary N) is 4. The van der Waals surface area contributed by atoms with Gasteiger partial charge in [0, 0.05) is 179 Å². The molecule has 14 aromatic heterocycles. The van der Waals surface area contributed by atoms with Gasteiger partial charge in [-0.2, -0.15) is 49.8 Å². The van der Waals surface area contributed by atoms with Crippen molar-refractivity contribution in [1.29, 1.82) is 0 Å². The molecule has 5 saturated heterocycles. The number of anilines is 4. The molecule has 0 aliphatic carbocycles. The van der Waals surface area contributed by atoms with Crippen LogP contribution in [0.2, 0.25) is 0 Å². The lowest BCUT2D eigenvalue weighted by Gasteiger charge is -2.33. The molecule has 35 nitrogen and oxygen atoms in total. The first-order valence-corrected chi connectivity index (χ1v) is 50.3. The molecule has 5 aliphatic rings. The topological polar surface area (TPSA) is 462 Å². The summed E-state index contributed by atoms with van der Waals surface area (Å²) >= 11 is 16.2. The number of cyclic esters (lactones) is 1. The van der Waals surface area contributed by atoms with E-state index in [0.717, 1.165) is 173 Å². The molecule has 0 radical (unpaired) electrons. The molecule has 0 unspecified atom stereocenters. The highest BCUT2D eigenvalue weighted by Gasteiger charge is 2.38. The Balaban J connectivity index is 0.000000120. The smallest absolute Gasteiger partial charge is 0.408 e. The number of halogens is 5. The highest BCUT2D eigenvalue weighted by Crippen LogP contribution is 2.44. The number of nitrogen functional groups attached to an aromatic ring is 4. The van der Waals surface area contributed by atoms with Crippen LogP contribution in [-0.4, -0.2) is 225 Å². The van der Waals surface area contributed by atoms with E-state index in [1.165, 1.54) is 32.3 Å². The van der Waals surface area contributed by atoms with Crippen LogP contribution in [0.5, 0.6) is 0 Å². The van der Waals surface area contributed by atoms with Gasteiger partial charge in [0.15, 0.2) is 28.7 Å². The maximum Gasteiger partial charge on any atom is 0.408 e. The SMILES string of the molecule is C[C@@H](O)C(=O)N1CCC(c2nc3c(-c4ccc(-c5ccc(F)cc5)nc4)cnn3c(N)c2Br)CC1.C[C@@H](O)C(=O)N1CCC(c2nc3c(-c4ccc(-c5ccsc5)nc4)cnn3c(N)c2Br)CC1.Nc1c(Br)c(C2CCN(C(=O)[C@H]3CNC(=O)O3)CC2)nc2c(-c3ccc(-c4ccccc4)nc3)cnn12.Nc1c(Br)c(C2CCN(C(=O)c3ccncn3)CC2)nc2c(-c3ccc(-c4ccccc4)nc3)cnn12. The highest BCUT2D eigenvalue weighted by atomic mass is 79.9. The van der Waals surface area contributed by atoms with Crippen LogP contribution in [0.4, 0.5) is 32.5 Å². The summed E-state index contributed by atoms with van der Waals surface area (Å²) in [6, 6.07) is 45.8. The van der Waals surface area contributed by atoms with Crippen LogP contribution >= 0.6 is 75.1 Å². The van der Waals surface area contributed by atoms with Crippen molar-refractivity contribution < 1.29 is 43.3 Å². The van der Waals surface area contributed by atoms with Crippen LogP contribution in [0.25, 0.3) is 112 Å². The fraction of sp³-hybridized carbons (Fsp3) is 0.257. The predicted molar refractivity (Wildman–Crippen MR) is 550 cm³/mol. The molecule has 22 rings (SSSR count). The normalized spacial score (nSPS) is 15.9. The van der Waals surface area contributed by atoms with Gasteiger partial charge in [-0.3, -0.25) is 39.1 Å². The van der Waals surface area contributed by atoms with Gasteiger partial charge < -0.3 is 62.8 Å². The van der Waals surface area contributed by atoms with Crippen LogP contribution < -0.4 is 28.3 Å². The number of nitrogens with zero attached hydrogens (tertiary/aromatic N) is 22. The van der Waals surface area contributed by atoms with Crippen LogP contribution in [-0.2, 0) is 19.1 Å². The second kappa shape index (κ2) is 42.2.